The van der Waals surface area contributed by atoms with Gasteiger partial charge in [-0.3, -0.25) is 0 Å². The molecule has 0 aliphatic rings. The van der Waals surface area contributed by atoms with Gasteiger partial charge in [-0.15, -0.1) is 13.2 Å². The molecule has 4 N–H and O–H groups in total. The largest absolute Gasteiger partial charge is 0.573 e. The second kappa shape index (κ2) is 4.23. The fraction of sp³-hybridized carbons (Fsp3) is 0.286. The average molecular weight is 286 g/mol. The highest BCUT2D eigenvalue weighted by molar-refractivity contribution is 9.10. The predicted molar refractivity (Wildman–Crippen MR) is 50.9 cm³/mol. The second-order valence-corrected chi connectivity index (χ2v) is 3.41. The number of aromatic nitrogens is 1. The highest BCUT2D eigenvalue weighted by Gasteiger charge is 2.33. The van der Waals surface area contributed by atoms with Gasteiger partial charge < -0.3 is 16.2 Å². The van der Waals surface area contributed by atoms with Crippen LogP contribution in [0.15, 0.2) is 10.5 Å². The first-order valence-corrected chi connectivity index (χ1v) is 4.53. The molecule has 15 heavy (non-hydrogen) atoms. The van der Waals surface area contributed by atoms with Crippen LogP contribution in [0.25, 0.3) is 0 Å². The van der Waals surface area contributed by atoms with E-state index in [1.54, 1.807) is 0 Å². The summed E-state index contributed by atoms with van der Waals surface area (Å²) in [6, 6.07) is 1.21. The van der Waals surface area contributed by atoms with E-state index >= 15 is 0 Å². The lowest BCUT2D eigenvalue weighted by atomic mass is 10.3. The molecule has 0 amide bonds. The molecule has 0 aliphatic carbocycles. The number of hydrogen-bond acceptors (Lipinski definition) is 4. The lowest BCUT2D eigenvalue weighted by Gasteiger charge is -2.13. The fourth-order valence-corrected chi connectivity index (χ4v) is 1.48. The molecule has 1 rings (SSSR count). The van der Waals surface area contributed by atoms with Crippen LogP contribution in [0.1, 0.15) is 5.69 Å². The van der Waals surface area contributed by atoms with Crippen LogP contribution in [-0.2, 0) is 6.54 Å². The molecule has 0 saturated heterocycles. The van der Waals surface area contributed by atoms with Gasteiger partial charge in [-0.2, -0.15) is 0 Å². The Kier molecular flexibility index (Phi) is 3.40. The molecule has 1 heterocycles. The monoisotopic (exact) mass is 285 g/mol. The molecule has 0 saturated carbocycles. The molecule has 0 aliphatic heterocycles. The molecule has 84 valence electrons. The standard InChI is InChI=1S/C7H7BrF3N3O/c8-3-1-5(13)14-4(2-12)6(3)15-7(9,10)11/h1H,2,12H2,(H2,13,14). The molecule has 1 aromatic heterocycles. The van der Waals surface area contributed by atoms with Crippen molar-refractivity contribution in [2.45, 2.75) is 12.9 Å². The number of pyridine rings is 1. The minimum Gasteiger partial charge on any atom is -0.403 e. The molecule has 4 nitrogen and oxygen atoms in total. The molecule has 0 spiro atoms. The Morgan fingerprint density at radius 1 is 1.47 bits per heavy atom. The smallest absolute Gasteiger partial charge is 0.403 e. The summed E-state index contributed by atoms with van der Waals surface area (Å²) in [6.45, 7) is -0.199. The molecule has 0 radical (unpaired) electrons. The van der Waals surface area contributed by atoms with Gasteiger partial charge >= 0.3 is 6.36 Å². The van der Waals surface area contributed by atoms with Gasteiger partial charge in [-0.1, -0.05) is 0 Å². The summed E-state index contributed by atoms with van der Waals surface area (Å²) in [5, 5.41) is 0. The Morgan fingerprint density at radius 2 is 2.07 bits per heavy atom. The third kappa shape index (κ3) is 3.24. The van der Waals surface area contributed by atoms with Crippen molar-refractivity contribution in [2.75, 3.05) is 5.73 Å². The van der Waals surface area contributed by atoms with Crippen LogP contribution in [0.4, 0.5) is 19.0 Å². The summed E-state index contributed by atoms with van der Waals surface area (Å²) in [5.41, 5.74) is 10.5. The van der Waals surface area contributed by atoms with Crippen LogP contribution in [0.3, 0.4) is 0 Å². The molecule has 8 heteroatoms. The number of nitrogens with two attached hydrogens (primary N) is 2. The van der Waals surface area contributed by atoms with Crippen LogP contribution >= 0.6 is 15.9 Å². The van der Waals surface area contributed by atoms with Crippen molar-refractivity contribution < 1.29 is 17.9 Å². The van der Waals surface area contributed by atoms with Crippen molar-refractivity contribution in [3.63, 3.8) is 0 Å². The van der Waals surface area contributed by atoms with Crippen LogP contribution < -0.4 is 16.2 Å². The molecular formula is C7H7BrF3N3O. The number of ether oxygens (including phenoxy) is 1. The zero-order valence-corrected chi connectivity index (χ0v) is 8.89. The molecule has 0 unspecified atom stereocenters. The van der Waals surface area contributed by atoms with E-state index < -0.39 is 12.1 Å². The van der Waals surface area contributed by atoms with E-state index in [2.05, 4.69) is 25.7 Å². The van der Waals surface area contributed by atoms with E-state index in [-0.39, 0.29) is 22.5 Å². The van der Waals surface area contributed by atoms with Gasteiger partial charge in [0.2, 0.25) is 0 Å². The average Bonchev–Trinajstić information content (AvgIpc) is 2.07. The zero-order chi connectivity index (χ0) is 11.6. The first-order chi connectivity index (χ1) is 6.83. The topological polar surface area (TPSA) is 74.2 Å². The van der Waals surface area contributed by atoms with Crippen molar-refractivity contribution in [3.05, 3.63) is 16.2 Å². The van der Waals surface area contributed by atoms with Gasteiger partial charge in [0.25, 0.3) is 0 Å². The van der Waals surface area contributed by atoms with E-state index in [1.807, 2.05) is 0 Å². The SMILES string of the molecule is NCc1nc(N)cc(Br)c1OC(F)(F)F. The molecule has 0 bridgehead atoms. The highest BCUT2D eigenvalue weighted by Crippen LogP contribution is 2.33. The Bertz CT molecular complexity index is 369. The Labute approximate surface area is 91.5 Å². The number of anilines is 1. The molecule has 0 atom stereocenters. The van der Waals surface area contributed by atoms with Crippen LogP contribution in [0.5, 0.6) is 5.75 Å². The summed E-state index contributed by atoms with van der Waals surface area (Å²) in [4.78, 5) is 3.63. The number of hydrogen-bond donors (Lipinski definition) is 2. The maximum Gasteiger partial charge on any atom is 0.573 e. The number of nitrogens with zero attached hydrogens (tertiary/aromatic N) is 1. The van der Waals surface area contributed by atoms with Gasteiger partial charge in [0.15, 0.2) is 5.75 Å². The highest BCUT2D eigenvalue weighted by atomic mass is 79.9. The number of alkyl halides is 3. The van der Waals surface area contributed by atoms with Crippen molar-refractivity contribution >= 4 is 21.7 Å². The maximum atomic E-state index is 12.0. The van der Waals surface area contributed by atoms with E-state index in [0.29, 0.717) is 0 Å². The number of rotatable bonds is 2. The third-order valence-corrected chi connectivity index (χ3v) is 2.02. The van der Waals surface area contributed by atoms with Crippen LogP contribution in [0, 0.1) is 0 Å². The van der Waals surface area contributed by atoms with Gasteiger partial charge in [0, 0.05) is 6.54 Å². The maximum absolute atomic E-state index is 12.0. The zero-order valence-electron chi connectivity index (χ0n) is 7.31. The third-order valence-electron chi connectivity index (χ3n) is 1.43. The van der Waals surface area contributed by atoms with E-state index in [4.69, 9.17) is 11.5 Å². The normalized spacial score (nSPS) is 11.5. The van der Waals surface area contributed by atoms with Crippen molar-refractivity contribution in [1.82, 2.24) is 4.98 Å². The first kappa shape index (κ1) is 12.1. The Hall–Kier alpha value is -1.02. The molecule has 1 aromatic rings. The van der Waals surface area contributed by atoms with Crippen LogP contribution in [0.2, 0.25) is 0 Å². The summed E-state index contributed by atoms with van der Waals surface area (Å²) < 4.78 is 39.8. The lowest BCUT2D eigenvalue weighted by Crippen LogP contribution is -2.20. The summed E-state index contributed by atoms with van der Waals surface area (Å²) >= 11 is 2.89. The van der Waals surface area contributed by atoms with E-state index in [0.717, 1.165) is 0 Å². The molecular weight excluding hydrogens is 279 g/mol. The Balaban J connectivity index is 3.15. The fourth-order valence-electron chi connectivity index (χ4n) is 0.934. The van der Waals surface area contributed by atoms with Gasteiger partial charge in [0.1, 0.15) is 5.82 Å². The first-order valence-electron chi connectivity index (χ1n) is 3.74. The summed E-state index contributed by atoms with van der Waals surface area (Å²) in [6.07, 6.45) is -4.79. The van der Waals surface area contributed by atoms with Gasteiger partial charge in [0.05, 0.1) is 10.2 Å². The minimum atomic E-state index is -4.79. The van der Waals surface area contributed by atoms with Crippen LogP contribution in [-0.4, -0.2) is 11.3 Å². The summed E-state index contributed by atoms with van der Waals surface area (Å²) in [7, 11) is 0. The number of halogens is 4. The van der Waals surface area contributed by atoms with Crippen molar-refractivity contribution in [1.29, 1.82) is 0 Å². The van der Waals surface area contributed by atoms with Crippen molar-refractivity contribution in [3.8, 4) is 5.75 Å². The summed E-state index contributed by atoms with van der Waals surface area (Å²) in [5.74, 6) is -0.393. The van der Waals surface area contributed by atoms with E-state index in [9.17, 15) is 13.2 Å². The minimum absolute atomic E-state index is 0.0563. The van der Waals surface area contributed by atoms with Gasteiger partial charge in [-0.05, 0) is 22.0 Å². The Morgan fingerprint density at radius 3 is 2.53 bits per heavy atom. The lowest BCUT2D eigenvalue weighted by molar-refractivity contribution is -0.275. The number of nitrogen functional groups attached to an aromatic ring is 1. The van der Waals surface area contributed by atoms with Gasteiger partial charge in [-0.25, -0.2) is 4.98 Å². The molecule has 0 fully saturated rings. The predicted octanol–water partition coefficient (Wildman–Crippen LogP) is 1.78. The molecule has 0 aromatic carbocycles. The van der Waals surface area contributed by atoms with Crippen molar-refractivity contribution in [2.24, 2.45) is 5.73 Å². The quantitative estimate of drug-likeness (QED) is 0.869. The van der Waals surface area contributed by atoms with E-state index in [1.165, 1.54) is 6.07 Å². The second-order valence-electron chi connectivity index (χ2n) is 2.56.